The van der Waals surface area contributed by atoms with Crippen LogP contribution in [0.1, 0.15) is 18.5 Å². The minimum atomic E-state index is -0.301. The number of nitrogens with zero attached hydrogens (tertiary/aromatic N) is 2. The molecule has 0 radical (unpaired) electrons. The van der Waals surface area contributed by atoms with E-state index in [-0.39, 0.29) is 12.1 Å². The third-order valence-electron chi connectivity index (χ3n) is 2.55. The fourth-order valence-corrected chi connectivity index (χ4v) is 1.66. The van der Waals surface area contributed by atoms with E-state index >= 15 is 0 Å². The van der Waals surface area contributed by atoms with Gasteiger partial charge in [0, 0.05) is 19.3 Å². The van der Waals surface area contributed by atoms with Gasteiger partial charge in [-0.1, -0.05) is 6.92 Å². The normalized spacial score (nSPS) is 28.2. The summed E-state index contributed by atoms with van der Waals surface area (Å²) in [7, 11) is 0. The van der Waals surface area contributed by atoms with Gasteiger partial charge >= 0.3 is 0 Å². The lowest BCUT2D eigenvalue weighted by Gasteiger charge is -2.13. The van der Waals surface area contributed by atoms with Gasteiger partial charge < -0.3 is 10.4 Å². The number of aryl methyl sites for hydroxylation is 1. The molecule has 1 aromatic rings. The molecule has 1 aliphatic rings. The number of aliphatic hydroxyl groups is 1. The molecular weight excluding hydrogens is 166 g/mol. The smallest absolute Gasteiger partial charge is 0.0914 e. The van der Waals surface area contributed by atoms with Crippen molar-refractivity contribution in [2.75, 3.05) is 13.1 Å². The molecule has 0 aromatic carbocycles. The Balaban J connectivity index is 2.15. The SMILES string of the molecule is CCc1cnn(C2CNCC2O)c1. The van der Waals surface area contributed by atoms with Gasteiger partial charge in [0.15, 0.2) is 0 Å². The molecule has 2 rings (SSSR count). The van der Waals surface area contributed by atoms with E-state index in [2.05, 4.69) is 17.3 Å². The lowest BCUT2D eigenvalue weighted by Crippen LogP contribution is -2.22. The maximum absolute atomic E-state index is 9.60. The summed E-state index contributed by atoms with van der Waals surface area (Å²) in [5, 5.41) is 17.0. The summed E-state index contributed by atoms with van der Waals surface area (Å²) in [6, 6.07) is 0.111. The Bertz CT molecular complexity index is 284. The molecule has 1 aromatic heterocycles. The zero-order chi connectivity index (χ0) is 9.26. The van der Waals surface area contributed by atoms with E-state index in [1.165, 1.54) is 5.56 Å². The molecular formula is C9H15N3O. The fourth-order valence-electron chi connectivity index (χ4n) is 1.66. The number of hydrogen-bond donors (Lipinski definition) is 2. The number of aliphatic hydroxyl groups excluding tert-OH is 1. The summed E-state index contributed by atoms with van der Waals surface area (Å²) in [5.41, 5.74) is 1.22. The first-order valence-corrected chi connectivity index (χ1v) is 4.73. The Hall–Kier alpha value is -0.870. The van der Waals surface area contributed by atoms with Crippen molar-refractivity contribution < 1.29 is 5.11 Å². The van der Waals surface area contributed by atoms with Crippen LogP contribution in [-0.4, -0.2) is 34.1 Å². The molecule has 4 heteroatoms. The summed E-state index contributed by atoms with van der Waals surface area (Å²) in [5.74, 6) is 0. The summed E-state index contributed by atoms with van der Waals surface area (Å²) in [4.78, 5) is 0. The van der Waals surface area contributed by atoms with Crippen LogP contribution in [0.25, 0.3) is 0 Å². The molecule has 0 amide bonds. The molecule has 2 N–H and O–H groups in total. The van der Waals surface area contributed by atoms with Crippen LogP contribution in [0.4, 0.5) is 0 Å². The first-order valence-electron chi connectivity index (χ1n) is 4.73. The van der Waals surface area contributed by atoms with Crippen LogP contribution in [0.5, 0.6) is 0 Å². The van der Waals surface area contributed by atoms with Crippen LogP contribution in [0.2, 0.25) is 0 Å². The van der Waals surface area contributed by atoms with Crippen molar-refractivity contribution in [1.82, 2.24) is 15.1 Å². The Morgan fingerprint density at radius 2 is 2.54 bits per heavy atom. The van der Waals surface area contributed by atoms with Gasteiger partial charge in [-0.2, -0.15) is 5.10 Å². The zero-order valence-corrected chi connectivity index (χ0v) is 7.77. The predicted molar refractivity (Wildman–Crippen MR) is 49.5 cm³/mol. The van der Waals surface area contributed by atoms with Crippen molar-refractivity contribution in [2.24, 2.45) is 0 Å². The minimum Gasteiger partial charge on any atom is -0.390 e. The van der Waals surface area contributed by atoms with Crippen LogP contribution in [0.3, 0.4) is 0 Å². The summed E-state index contributed by atoms with van der Waals surface area (Å²) >= 11 is 0. The van der Waals surface area contributed by atoms with Gasteiger partial charge in [0.2, 0.25) is 0 Å². The van der Waals surface area contributed by atoms with Crippen LogP contribution in [0.15, 0.2) is 12.4 Å². The second-order valence-corrected chi connectivity index (χ2v) is 3.48. The highest BCUT2D eigenvalue weighted by Crippen LogP contribution is 2.15. The molecule has 1 saturated heterocycles. The zero-order valence-electron chi connectivity index (χ0n) is 7.77. The monoisotopic (exact) mass is 181 g/mol. The average Bonchev–Trinajstić information content (AvgIpc) is 2.71. The van der Waals surface area contributed by atoms with Gasteiger partial charge in [-0.05, 0) is 12.0 Å². The number of nitrogens with one attached hydrogen (secondary N) is 1. The van der Waals surface area contributed by atoms with Crippen LogP contribution >= 0.6 is 0 Å². The summed E-state index contributed by atoms with van der Waals surface area (Å²) < 4.78 is 1.86. The van der Waals surface area contributed by atoms with Crippen molar-refractivity contribution in [3.05, 3.63) is 18.0 Å². The molecule has 4 nitrogen and oxygen atoms in total. The molecule has 1 aliphatic heterocycles. The number of β-amino-alcohol motifs (C(OH)–C–C–N with tert-alkyl or cyclic N) is 1. The molecule has 13 heavy (non-hydrogen) atoms. The quantitative estimate of drug-likeness (QED) is 0.672. The Kier molecular flexibility index (Phi) is 2.33. The van der Waals surface area contributed by atoms with Gasteiger partial charge in [-0.15, -0.1) is 0 Å². The molecule has 0 saturated carbocycles. The first-order chi connectivity index (χ1) is 6.31. The maximum Gasteiger partial charge on any atom is 0.0914 e. The highest BCUT2D eigenvalue weighted by Gasteiger charge is 2.26. The molecule has 1 fully saturated rings. The molecule has 0 aliphatic carbocycles. The topological polar surface area (TPSA) is 50.1 Å². The molecule has 2 heterocycles. The fraction of sp³-hybridized carbons (Fsp3) is 0.667. The lowest BCUT2D eigenvalue weighted by atomic mass is 10.2. The Morgan fingerprint density at radius 1 is 1.69 bits per heavy atom. The molecule has 2 atom stereocenters. The molecule has 72 valence electrons. The van der Waals surface area contributed by atoms with Crippen LogP contribution in [0, 0.1) is 0 Å². The van der Waals surface area contributed by atoms with Crippen molar-refractivity contribution in [2.45, 2.75) is 25.5 Å². The average molecular weight is 181 g/mol. The van der Waals surface area contributed by atoms with E-state index in [4.69, 9.17) is 0 Å². The van der Waals surface area contributed by atoms with Gasteiger partial charge in [0.25, 0.3) is 0 Å². The van der Waals surface area contributed by atoms with Crippen molar-refractivity contribution in [3.63, 3.8) is 0 Å². The van der Waals surface area contributed by atoms with E-state index < -0.39 is 0 Å². The molecule has 0 spiro atoms. The minimum absolute atomic E-state index is 0.111. The maximum atomic E-state index is 9.60. The predicted octanol–water partition coefficient (Wildman–Crippen LogP) is -0.0493. The van der Waals surface area contributed by atoms with E-state index in [9.17, 15) is 5.11 Å². The number of hydrogen-bond acceptors (Lipinski definition) is 3. The summed E-state index contributed by atoms with van der Waals surface area (Å²) in [6.07, 6.45) is 4.58. The van der Waals surface area contributed by atoms with Crippen molar-refractivity contribution >= 4 is 0 Å². The second-order valence-electron chi connectivity index (χ2n) is 3.48. The van der Waals surface area contributed by atoms with Gasteiger partial charge in [-0.25, -0.2) is 0 Å². The highest BCUT2D eigenvalue weighted by atomic mass is 16.3. The molecule has 0 bridgehead atoms. The van der Waals surface area contributed by atoms with E-state index in [1.807, 2.05) is 17.1 Å². The van der Waals surface area contributed by atoms with E-state index in [0.29, 0.717) is 6.54 Å². The van der Waals surface area contributed by atoms with Crippen LogP contribution < -0.4 is 5.32 Å². The van der Waals surface area contributed by atoms with Crippen molar-refractivity contribution in [3.8, 4) is 0 Å². The standard InChI is InChI=1S/C9H15N3O/c1-2-7-3-11-12(6-7)8-4-10-5-9(8)13/h3,6,8-10,13H,2,4-5H2,1H3. The number of aromatic nitrogens is 2. The van der Waals surface area contributed by atoms with Gasteiger partial charge in [0.1, 0.15) is 0 Å². The van der Waals surface area contributed by atoms with Crippen LogP contribution in [-0.2, 0) is 6.42 Å². The molecule has 2 unspecified atom stereocenters. The highest BCUT2D eigenvalue weighted by molar-refractivity contribution is 5.05. The van der Waals surface area contributed by atoms with Gasteiger partial charge in [-0.3, -0.25) is 4.68 Å². The van der Waals surface area contributed by atoms with Gasteiger partial charge in [0.05, 0.1) is 18.3 Å². The first kappa shape index (κ1) is 8.72. The Labute approximate surface area is 77.6 Å². The largest absolute Gasteiger partial charge is 0.390 e. The summed E-state index contributed by atoms with van der Waals surface area (Å²) in [6.45, 7) is 3.59. The van der Waals surface area contributed by atoms with E-state index in [1.54, 1.807) is 0 Å². The number of rotatable bonds is 2. The van der Waals surface area contributed by atoms with E-state index in [0.717, 1.165) is 13.0 Å². The second kappa shape index (κ2) is 3.47. The lowest BCUT2D eigenvalue weighted by molar-refractivity contribution is 0.145. The Morgan fingerprint density at radius 3 is 3.08 bits per heavy atom. The van der Waals surface area contributed by atoms with Crippen molar-refractivity contribution in [1.29, 1.82) is 0 Å². The third kappa shape index (κ3) is 1.59. The third-order valence-corrected chi connectivity index (χ3v) is 2.55.